The first-order valence-corrected chi connectivity index (χ1v) is 12.6. The first-order chi connectivity index (χ1) is 17.3. The SMILES string of the molecule is COC(=O)C1CN(C(=O)COc2ccc(S(=O)(=O)N(C)Cc3ccccc3)cc2)c2ccccc2O1. The van der Waals surface area contributed by atoms with Crippen LogP contribution in [0.5, 0.6) is 11.5 Å². The highest BCUT2D eigenvalue weighted by Gasteiger charge is 2.34. The van der Waals surface area contributed by atoms with E-state index in [4.69, 9.17) is 14.2 Å². The number of ether oxygens (including phenoxy) is 3. The summed E-state index contributed by atoms with van der Waals surface area (Å²) in [5, 5.41) is 0. The summed E-state index contributed by atoms with van der Waals surface area (Å²) in [5.74, 6) is -0.253. The molecule has 3 aromatic rings. The van der Waals surface area contributed by atoms with Gasteiger partial charge in [-0.05, 0) is 42.0 Å². The van der Waals surface area contributed by atoms with Gasteiger partial charge in [0.1, 0.15) is 11.5 Å². The second-order valence-corrected chi connectivity index (χ2v) is 10.2. The minimum absolute atomic E-state index is 0.0171. The van der Waals surface area contributed by atoms with Crippen molar-refractivity contribution in [1.82, 2.24) is 4.31 Å². The lowest BCUT2D eigenvalue weighted by atomic mass is 10.2. The molecule has 0 radical (unpaired) electrons. The number of carbonyl (C=O) groups is 2. The number of benzene rings is 3. The Hall–Kier alpha value is -3.89. The lowest BCUT2D eigenvalue weighted by molar-refractivity contribution is -0.148. The summed E-state index contributed by atoms with van der Waals surface area (Å²) in [6.45, 7) is -0.0947. The molecule has 0 N–H and O–H groups in total. The molecule has 0 aliphatic carbocycles. The van der Waals surface area contributed by atoms with Crippen molar-refractivity contribution in [3.8, 4) is 11.5 Å². The zero-order chi connectivity index (χ0) is 25.7. The molecule has 10 heteroatoms. The monoisotopic (exact) mass is 510 g/mol. The van der Waals surface area contributed by atoms with E-state index >= 15 is 0 Å². The van der Waals surface area contributed by atoms with Gasteiger partial charge in [-0.1, -0.05) is 42.5 Å². The fourth-order valence-electron chi connectivity index (χ4n) is 3.76. The predicted molar refractivity (Wildman–Crippen MR) is 132 cm³/mol. The van der Waals surface area contributed by atoms with Gasteiger partial charge in [-0.15, -0.1) is 0 Å². The van der Waals surface area contributed by atoms with E-state index in [1.165, 1.54) is 47.6 Å². The van der Waals surface area contributed by atoms with Gasteiger partial charge in [-0.25, -0.2) is 13.2 Å². The maximum Gasteiger partial charge on any atom is 0.348 e. The van der Waals surface area contributed by atoms with E-state index in [1.807, 2.05) is 30.3 Å². The van der Waals surface area contributed by atoms with E-state index in [1.54, 1.807) is 24.3 Å². The van der Waals surface area contributed by atoms with Gasteiger partial charge < -0.3 is 19.1 Å². The van der Waals surface area contributed by atoms with Crippen LogP contribution in [0.4, 0.5) is 5.69 Å². The molecule has 1 aliphatic rings. The molecule has 1 amide bonds. The standard InChI is InChI=1S/C26H26N2O7S/c1-27(16-19-8-4-3-5-9-19)36(31,32)21-14-12-20(13-15-21)34-18-25(29)28-17-24(26(30)33-2)35-23-11-7-6-10-22(23)28/h3-15,24H,16-18H2,1-2H3. The van der Waals surface area contributed by atoms with Gasteiger partial charge in [0.05, 0.1) is 24.2 Å². The van der Waals surface area contributed by atoms with Crippen LogP contribution < -0.4 is 14.4 Å². The number of carbonyl (C=O) groups excluding carboxylic acids is 2. The molecule has 0 saturated heterocycles. The molecule has 0 aromatic heterocycles. The molecule has 1 heterocycles. The van der Waals surface area contributed by atoms with Crippen molar-refractivity contribution in [2.75, 3.05) is 32.2 Å². The van der Waals surface area contributed by atoms with Crippen LogP contribution in [-0.2, 0) is 30.9 Å². The summed E-state index contributed by atoms with van der Waals surface area (Å²) < 4.78 is 43.2. The topological polar surface area (TPSA) is 102 Å². The fraction of sp³-hybridized carbons (Fsp3) is 0.231. The van der Waals surface area contributed by atoms with Crippen LogP contribution in [0.1, 0.15) is 5.56 Å². The molecule has 0 bridgehead atoms. The number of methoxy groups -OCH3 is 1. The average Bonchev–Trinajstić information content (AvgIpc) is 2.91. The van der Waals surface area contributed by atoms with Crippen LogP contribution in [0, 0.1) is 0 Å². The molecule has 9 nitrogen and oxygen atoms in total. The molecular weight excluding hydrogens is 484 g/mol. The number of fused-ring (bicyclic) bond motifs is 1. The molecule has 188 valence electrons. The van der Waals surface area contributed by atoms with Gasteiger partial charge in [0.2, 0.25) is 16.1 Å². The Labute approximate surface area is 209 Å². The van der Waals surface area contributed by atoms with Gasteiger partial charge in [0, 0.05) is 13.6 Å². The molecule has 1 atom stereocenters. The number of rotatable bonds is 8. The van der Waals surface area contributed by atoms with Gasteiger partial charge in [0.25, 0.3) is 5.91 Å². The largest absolute Gasteiger partial charge is 0.484 e. The van der Waals surface area contributed by atoms with Gasteiger partial charge in [0.15, 0.2) is 6.61 Å². The third-order valence-electron chi connectivity index (χ3n) is 5.68. The summed E-state index contributed by atoms with van der Waals surface area (Å²) in [5.41, 5.74) is 1.40. The lowest BCUT2D eigenvalue weighted by Gasteiger charge is -2.33. The van der Waals surface area contributed by atoms with E-state index in [2.05, 4.69) is 0 Å². The number of sulfonamides is 1. The summed E-state index contributed by atoms with van der Waals surface area (Å²) in [4.78, 5) is 26.5. The summed E-state index contributed by atoms with van der Waals surface area (Å²) >= 11 is 0. The Bertz CT molecular complexity index is 1330. The number of amides is 1. The first-order valence-electron chi connectivity index (χ1n) is 11.2. The van der Waals surface area contributed by atoms with E-state index < -0.39 is 22.1 Å². The minimum Gasteiger partial charge on any atom is -0.484 e. The van der Waals surface area contributed by atoms with Crippen LogP contribution in [0.3, 0.4) is 0 Å². The maximum absolute atomic E-state index is 13.0. The molecule has 4 rings (SSSR count). The highest BCUT2D eigenvalue weighted by molar-refractivity contribution is 7.89. The van der Waals surface area contributed by atoms with E-state index in [0.29, 0.717) is 17.2 Å². The molecule has 36 heavy (non-hydrogen) atoms. The van der Waals surface area contributed by atoms with Gasteiger partial charge in [-0.2, -0.15) is 4.31 Å². The van der Waals surface area contributed by atoms with Gasteiger partial charge >= 0.3 is 5.97 Å². The van der Waals surface area contributed by atoms with Crippen LogP contribution in [0.25, 0.3) is 0 Å². The number of hydrogen-bond acceptors (Lipinski definition) is 7. The second-order valence-electron chi connectivity index (χ2n) is 8.11. The average molecular weight is 511 g/mol. The van der Waals surface area contributed by atoms with E-state index in [-0.39, 0.29) is 30.5 Å². The van der Waals surface area contributed by atoms with Crippen molar-refractivity contribution in [2.24, 2.45) is 0 Å². The maximum atomic E-state index is 13.0. The Kier molecular flexibility index (Phi) is 7.56. The molecule has 0 saturated carbocycles. The summed E-state index contributed by atoms with van der Waals surface area (Å²) in [7, 11) is -0.932. The third-order valence-corrected chi connectivity index (χ3v) is 7.50. The predicted octanol–water partition coefficient (Wildman–Crippen LogP) is 2.85. The molecule has 3 aromatic carbocycles. The quantitative estimate of drug-likeness (QED) is 0.430. The molecular formula is C26H26N2O7S. The zero-order valence-corrected chi connectivity index (χ0v) is 20.7. The number of nitrogens with zero attached hydrogens (tertiary/aromatic N) is 2. The van der Waals surface area contributed by atoms with Crippen molar-refractivity contribution < 1.29 is 32.2 Å². The van der Waals surface area contributed by atoms with Crippen LogP contribution in [0.2, 0.25) is 0 Å². The van der Waals surface area contributed by atoms with Gasteiger partial charge in [-0.3, -0.25) is 4.79 Å². The highest BCUT2D eigenvalue weighted by Crippen LogP contribution is 2.33. The number of anilines is 1. The first kappa shape index (κ1) is 25.2. The number of esters is 1. The highest BCUT2D eigenvalue weighted by atomic mass is 32.2. The van der Waals surface area contributed by atoms with Crippen LogP contribution in [-0.4, -0.2) is 58.0 Å². The second kappa shape index (κ2) is 10.8. The van der Waals surface area contributed by atoms with E-state index in [9.17, 15) is 18.0 Å². The Balaban J connectivity index is 1.41. The van der Waals surface area contributed by atoms with Crippen molar-refractivity contribution >= 4 is 27.6 Å². The zero-order valence-electron chi connectivity index (χ0n) is 19.9. The molecule has 1 aliphatic heterocycles. The third kappa shape index (κ3) is 5.50. The molecule has 0 spiro atoms. The molecule has 1 unspecified atom stereocenters. The molecule has 0 fully saturated rings. The van der Waals surface area contributed by atoms with Crippen molar-refractivity contribution in [3.63, 3.8) is 0 Å². The van der Waals surface area contributed by atoms with Crippen LogP contribution in [0.15, 0.2) is 83.8 Å². The minimum atomic E-state index is -3.71. The smallest absolute Gasteiger partial charge is 0.348 e. The summed E-state index contributed by atoms with van der Waals surface area (Å²) in [6.07, 6.45) is -0.953. The fourth-order valence-corrected chi connectivity index (χ4v) is 4.92. The normalized spacial score (nSPS) is 15.1. The Morgan fingerprint density at radius 3 is 2.36 bits per heavy atom. The number of hydrogen-bond donors (Lipinski definition) is 0. The Morgan fingerprint density at radius 2 is 1.67 bits per heavy atom. The van der Waals surface area contributed by atoms with E-state index in [0.717, 1.165) is 5.56 Å². The lowest BCUT2D eigenvalue weighted by Crippen LogP contribution is -2.48. The summed E-state index contributed by atoms with van der Waals surface area (Å²) in [6, 6.07) is 22.1. The van der Waals surface area contributed by atoms with Crippen LogP contribution >= 0.6 is 0 Å². The number of para-hydroxylation sites is 2. The Morgan fingerprint density at radius 1 is 1.00 bits per heavy atom. The van der Waals surface area contributed by atoms with Crippen molar-refractivity contribution in [3.05, 3.63) is 84.4 Å². The van der Waals surface area contributed by atoms with Crippen molar-refractivity contribution in [1.29, 1.82) is 0 Å². The van der Waals surface area contributed by atoms with Crippen molar-refractivity contribution in [2.45, 2.75) is 17.5 Å².